The summed E-state index contributed by atoms with van der Waals surface area (Å²) in [5.41, 5.74) is 6.16. The molecule has 2 N–H and O–H groups in total. The molecule has 17 heavy (non-hydrogen) atoms. The van der Waals surface area contributed by atoms with Crippen molar-refractivity contribution in [1.29, 1.82) is 0 Å². The van der Waals surface area contributed by atoms with E-state index in [0.717, 1.165) is 10.9 Å². The topological polar surface area (TPSA) is 65.1 Å². The smallest absolute Gasteiger partial charge is 0.258 e. The van der Waals surface area contributed by atoms with Gasteiger partial charge in [-0.25, -0.2) is 0 Å². The number of benzene rings is 1. The third-order valence-corrected chi connectivity index (χ3v) is 2.59. The minimum Gasteiger partial charge on any atom is -0.366 e. The van der Waals surface area contributed by atoms with E-state index >= 15 is 0 Å². The van der Waals surface area contributed by atoms with Crippen LogP contribution >= 0.6 is 0 Å². The summed E-state index contributed by atoms with van der Waals surface area (Å²) in [7, 11) is 1.70. The highest BCUT2D eigenvalue weighted by Crippen LogP contribution is 2.12. The van der Waals surface area contributed by atoms with Gasteiger partial charge in [-0.05, 0) is 23.6 Å². The number of para-hydroxylation sites is 1. The minimum atomic E-state index is -0.569. The number of aromatic nitrogens is 1. The van der Waals surface area contributed by atoms with Crippen LogP contribution < -0.4 is 11.3 Å². The van der Waals surface area contributed by atoms with Gasteiger partial charge >= 0.3 is 0 Å². The molecule has 0 spiro atoms. The van der Waals surface area contributed by atoms with E-state index in [2.05, 4.69) is 0 Å². The van der Waals surface area contributed by atoms with Crippen molar-refractivity contribution in [3.8, 4) is 0 Å². The molecule has 4 nitrogen and oxygen atoms in total. The number of nitrogens with two attached hydrogens (primary N) is 1. The number of aryl methyl sites for hydroxylation is 1. The number of pyridine rings is 1. The lowest BCUT2D eigenvalue weighted by atomic mass is 10.1. The Balaban J connectivity index is 2.70. The quantitative estimate of drug-likeness (QED) is 0.780. The molecule has 0 fully saturated rings. The Kier molecular flexibility index (Phi) is 2.78. The molecule has 0 aliphatic rings. The molecule has 0 saturated heterocycles. The predicted octanol–water partition coefficient (Wildman–Crippen LogP) is 1.04. The van der Waals surface area contributed by atoms with Gasteiger partial charge in [-0.15, -0.1) is 0 Å². The summed E-state index contributed by atoms with van der Waals surface area (Å²) in [6.45, 7) is 0. The van der Waals surface area contributed by atoms with Crippen LogP contribution in [0.25, 0.3) is 17.0 Å². The first-order chi connectivity index (χ1) is 8.09. The number of primary amides is 1. The Hall–Kier alpha value is -2.36. The van der Waals surface area contributed by atoms with E-state index in [1.807, 2.05) is 24.3 Å². The van der Waals surface area contributed by atoms with Crippen LogP contribution in [0.5, 0.6) is 0 Å². The minimum absolute atomic E-state index is 0.152. The van der Waals surface area contributed by atoms with E-state index < -0.39 is 5.91 Å². The van der Waals surface area contributed by atoms with Crippen LogP contribution in [0.3, 0.4) is 0 Å². The zero-order valence-corrected chi connectivity index (χ0v) is 9.38. The van der Waals surface area contributed by atoms with Crippen molar-refractivity contribution in [2.75, 3.05) is 0 Å². The van der Waals surface area contributed by atoms with Gasteiger partial charge in [-0.2, -0.15) is 0 Å². The monoisotopic (exact) mass is 228 g/mol. The number of rotatable bonds is 2. The standard InChI is InChI=1S/C13H12N2O2/c1-15-11-5-3-2-4-9(11)8-10(13(15)17)6-7-12(14)16/h2-8H,1H3,(H2,14,16)/b7-6+. The van der Waals surface area contributed by atoms with Crippen LogP contribution in [-0.4, -0.2) is 10.5 Å². The lowest BCUT2D eigenvalue weighted by Gasteiger charge is -2.05. The van der Waals surface area contributed by atoms with Crippen LogP contribution in [0.4, 0.5) is 0 Å². The zero-order chi connectivity index (χ0) is 12.4. The Bertz CT molecular complexity index is 669. The van der Waals surface area contributed by atoms with Crippen molar-refractivity contribution >= 4 is 22.9 Å². The maximum atomic E-state index is 12.0. The number of carbonyl (C=O) groups excluding carboxylic acids is 1. The second-order valence-corrected chi connectivity index (χ2v) is 3.76. The molecule has 0 atom stereocenters. The van der Waals surface area contributed by atoms with E-state index in [9.17, 15) is 9.59 Å². The largest absolute Gasteiger partial charge is 0.366 e. The molecule has 1 aromatic carbocycles. The van der Waals surface area contributed by atoms with Gasteiger partial charge in [0.05, 0.1) is 5.52 Å². The number of fused-ring (bicyclic) bond motifs is 1. The van der Waals surface area contributed by atoms with Gasteiger partial charge in [0.25, 0.3) is 5.56 Å². The molecule has 1 aromatic heterocycles. The lowest BCUT2D eigenvalue weighted by molar-refractivity contribution is -0.113. The number of amides is 1. The Morgan fingerprint density at radius 1 is 1.35 bits per heavy atom. The van der Waals surface area contributed by atoms with Crippen molar-refractivity contribution in [3.63, 3.8) is 0 Å². The van der Waals surface area contributed by atoms with E-state index in [-0.39, 0.29) is 5.56 Å². The molecule has 1 heterocycles. The van der Waals surface area contributed by atoms with Crippen molar-refractivity contribution in [2.24, 2.45) is 12.8 Å². The van der Waals surface area contributed by atoms with Crippen LogP contribution in [0.15, 0.2) is 41.2 Å². The number of hydrogen-bond acceptors (Lipinski definition) is 2. The average molecular weight is 228 g/mol. The van der Waals surface area contributed by atoms with Crippen LogP contribution in [0.2, 0.25) is 0 Å². The fourth-order valence-electron chi connectivity index (χ4n) is 1.74. The van der Waals surface area contributed by atoms with E-state index in [1.54, 1.807) is 17.7 Å². The van der Waals surface area contributed by atoms with Crippen LogP contribution in [0, 0.1) is 0 Å². The summed E-state index contributed by atoms with van der Waals surface area (Å²) in [5, 5.41) is 0.943. The van der Waals surface area contributed by atoms with Crippen molar-refractivity contribution in [3.05, 3.63) is 52.3 Å². The summed E-state index contributed by atoms with van der Waals surface area (Å²) < 4.78 is 1.55. The van der Waals surface area contributed by atoms with Gasteiger partial charge in [-0.1, -0.05) is 18.2 Å². The Morgan fingerprint density at radius 3 is 2.76 bits per heavy atom. The number of carbonyl (C=O) groups is 1. The maximum Gasteiger partial charge on any atom is 0.258 e. The normalized spacial score (nSPS) is 11.1. The summed E-state index contributed by atoms with van der Waals surface area (Å²) in [4.78, 5) is 22.6. The second kappa shape index (κ2) is 4.25. The zero-order valence-electron chi connectivity index (χ0n) is 9.38. The van der Waals surface area contributed by atoms with Crippen LogP contribution in [-0.2, 0) is 11.8 Å². The van der Waals surface area contributed by atoms with Crippen molar-refractivity contribution in [2.45, 2.75) is 0 Å². The summed E-state index contributed by atoms with van der Waals surface area (Å²) in [6, 6.07) is 9.31. The highest BCUT2D eigenvalue weighted by atomic mass is 16.1. The molecule has 1 amide bonds. The summed E-state index contributed by atoms with van der Waals surface area (Å²) in [5.74, 6) is -0.569. The molecule has 2 aromatic rings. The molecule has 0 aliphatic carbocycles. The lowest BCUT2D eigenvalue weighted by Crippen LogP contribution is -2.19. The predicted molar refractivity (Wildman–Crippen MR) is 67.4 cm³/mol. The highest BCUT2D eigenvalue weighted by molar-refractivity contribution is 5.91. The van der Waals surface area contributed by atoms with Crippen molar-refractivity contribution in [1.82, 2.24) is 4.57 Å². The number of hydrogen-bond donors (Lipinski definition) is 1. The van der Waals surface area contributed by atoms with Gasteiger partial charge in [-0.3, -0.25) is 9.59 Å². The Labute approximate surface area is 98.0 Å². The van der Waals surface area contributed by atoms with Gasteiger partial charge in [0.15, 0.2) is 0 Å². The molecule has 86 valence electrons. The molecule has 0 radical (unpaired) electrons. The molecule has 0 aliphatic heterocycles. The molecule has 0 bridgehead atoms. The fraction of sp³-hybridized carbons (Fsp3) is 0.0769. The molecular formula is C13H12N2O2. The van der Waals surface area contributed by atoms with Gasteiger partial charge in [0.1, 0.15) is 0 Å². The van der Waals surface area contributed by atoms with Crippen LogP contribution in [0.1, 0.15) is 5.56 Å². The van der Waals surface area contributed by atoms with E-state index in [4.69, 9.17) is 5.73 Å². The first kappa shape index (κ1) is 11.1. The second-order valence-electron chi connectivity index (χ2n) is 3.76. The third-order valence-electron chi connectivity index (χ3n) is 2.59. The van der Waals surface area contributed by atoms with Gasteiger partial charge in [0.2, 0.25) is 5.91 Å². The summed E-state index contributed by atoms with van der Waals surface area (Å²) >= 11 is 0. The molecular weight excluding hydrogens is 216 g/mol. The first-order valence-electron chi connectivity index (χ1n) is 5.16. The SMILES string of the molecule is Cn1c(=O)c(/C=C/C(N)=O)cc2ccccc21. The molecule has 0 unspecified atom stereocenters. The summed E-state index contributed by atoms with van der Waals surface area (Å²) in [6.07, 6.45) is 2.63. The average Bonchev–Trinajstić information content (AvgIpc) is 2.32. The van der Waals surface area contributed by atoms with Crippen molar-refractivity contribution < 1.29 is 4.79 Å². The molecule has 4 heteroatoms. The Morgan fingerprint density at radius 2 is 2.06 bits per heavy atom. The van der Waals surface area contributed by atoms with Gasteiger partial charge < -0.3 is 10.3 Å². The van der Waals surface area contributed by atoms with E-state index in [0.29, 0.717) is 5.56 Å². The molecule has 2 rings (SSSR count). The molecule has 0 saturated carbocycles. The van der Waals surface area contributed by atoms with Gasteiger partial charge in [0, 0.05) is 18.7 Å². The maximum absolute atomic E-state index is 12.0. The van der Waals surface area contributed by atoms with E-state index in [1.165, 1.54) is 12.2 Å². The fourth-order valence-corrected chi connectivity index (χ4v) is 1.74. The highest BCUT2D eigenvalue weighted by Gasteiger charge is 2.03. The number of nitrogens with zero attached hydrogens (tertiary/aromatic N) is 1. The third kappa shape index (κ3) is 2.10. The first-order valence-corrected chi connectivity index (χ1v) is 5.16.